The third-order valence-electron chi connectivity index (χ3n) is 2.57. The molecule has 1 aromatic rings. The average Bonchev–Trinajstić information content (AvgIpc) is 2.28. The van der Waals surface area contributed by atoms with Crippen molar-refractivity contribution in [1.82, 2.24) is 0 Å². The van der Waals surface area contributed by atoms with E-state index >= 15 is 0 Å². The SMILES string of the molecule is CC(=O)OC(O)[C@@H](C)Cc1cccc(C(=N)N)c1. The predicted octanol–water partition coefficient (Wildman–Crippen LogP) is 1.03. The molecule has 1 aromatic carbocycles. The summed E-state index contributed by atoms with van der Waals surface area (Å²) in [7, 11) is 0. The van der Waals surface area contributed by atoms with Crippen LogP contribution in [0.3, 0.4) is 0 Å². The van der Waals surface area contributed by atoms with Gasteiger partial charge in [0.15, 0.2) is 0 Å². The van der Waals surface area contributed by atoms with Crippen molar-refractivity contribution in [2.45, 2.75) is 26.6 Å². The molecule has 0 aliphatic heterocycles. The van der Waals surface area contributed by atoms with Crippen molar-refractivity contribution in [1.29, 1.82) is 5.41 Å². The average molecular weight is 250 g/mol. The first kappa shape index (κ1) is 14.2. The molecule has 0 saturated carbocycles. The third-order valence-corrected chi connectivity index (χ3v) is 2.57. The number of rotatable bonds is 5. The van der Waals surface area contributed by atoms with Crippen LogP contribution in [0.15, 0.2) is 24.3 Å². The Hall–Kier alpha value is -1.88. The van der Waals surface area contributed by atoms with E-state index < -0.39 is 12.3 Å². The van der Waals surface area contributed by atoms with Gasteiger partial charge in [0.05, 0.1) is 0 Å². The lowest BCUT2D eigenvalue weighted by molar-refractivity contribution is -0.173. The highest BCUT2D eigenvalue weighted by Crippen LogP contribution is 2.14. The quantitative estimate of drug-likeness (QED) is 0.315. The summed E-state index contributed by atoms with van der Waals surface area (Å²) in [5, 5.41) is 17.0. The van der Waals surface area contributed by atoms with Crippen LogP contribution in [-0.4, -0.2) is 23.2 Å². The fourth-order valence-electron chi connectivity index (χ4n) is 1.62. The van der Waals surface area contributed by atoms with Crippen LogP contribution < -0.4 is 5.73 Å². The van der Waals surface area contributed by atoms with Crippen LogP contribution in [0.25, 0.3) is 0 Å². The van der Waals surface area contributed by atoms with Gasteiger partial charge in [-0.1, -0.05) is 25.1 Å². The van der Waals surface area contributed by atoms with Gasteiger partial charge in [0.2, 0.25) is 6.29 Å². The fourth-order valence-corrected chi connectivity index (χ4v) is 1.62. The fraction of sp³-hybridized carbons (Fsp3) is 0.385. The zero-order chi connectivity index (χ0) is 13.7. The van der Waals surface area contributed by atoms with E-state index in [0.29, 0.717) is 12.0 Å². The lowest BCUT2D eigenvalue weighted by Gasteiger charge is -2.18. The number of esters is 1. The lowest BCUT2D eigenvalue weighted by atomic mass is 9.99. The van der Waals surface area contributed by atoms with Crippen LogP contribution in [0.5, 0.6) is 0 Å². The molecule has 0 spiro atoms. The van der Waals surface area contributed by atoms with Crippen molar-refractivity contribution in [2.75, 3.05) is 0 Å². The summed E-state index contributed by atoms with van der Waals surface area (Å²) < 4.78 is 4.71. The number of amidine groups is 1. The molecule has 1 unspecified atom stereocenters. The number of benzene rings is 1. The summed E-state index contributed by atoms with van der Waals surface area (Å²) in [6.45, 7) is 3.04. The number of carbonyl (C=O) groups is 1. The monoisotopic (exact) mass is 250 g/mol. The third kappa shape index (κ3) is 4.18. The molecule has 0 aliphatic rings. The molecule has 0 aliphatic carbocycles. The van der Waals surface area contributed by atoms with Gasteiger partial charge in [0.25, 0.3) is 0 Å². The highest BCUT2D eigenvalue weighted by atomic mass is 16.6. The zero-order valence-electron chi connectivity index (χ0n) is 10.5. The number of hydrogen-bond donors (Lipinski definition) is 3. The molecule has 0 heterocycles. The Balaban J connectivity index is 2.69. The van der Waals surface area contributed by atoms with Gasteiger partial charge in [0.1, 0.15) is 5.84 Å². The van der Waals surface area contributed by atoms with Gasteiger partial charge in [0, 0.05) is 18.4 Å². The number of hydrogen-bond acceptors (Lipinski definition) is 4. The Bertz CT molecular complexity index is 446. The second-order valence-corrected chi connectivity index (χ2v) is 4.30. The second kappa shape index (κ2) is 6.16. The standard InChI is InChI=1S/C13H18N2O3/c1-8(13(17)18-9(2)16)6-10-4-3-5-11(7-10)12(14)15/h3-5,7-8,13,17H,6H2,1-2H3,(H3,14,15)/t8-,13?/m0/s1. The van der Waals surface area contributed by atoms with Crippen LogP contribution >= 0.6 is 0 Å². The highest BCUT2D eigenvalue weighted by Gasteiger charge is 2.17. The van der Waals surface area contributed by atoms with Crippen molar-refractivity contribution < 1.29 is 14.6 Å². The summed E-state index contributed by atoms with van der Waals surface area (Å²) in [6.07, 6.45) is -0.585. The predicted molar refractivity (Wildman–Crippen MR) is 68.1 cm³/mol. The zero-order valence-corrected chi connectivity index (χ0v) is 10.5. The number of nitrogens with two attached hydrogens (primary N) is 1. The lowest BCUT2D eigenvalue weighted by Crippen LogP contribution is -2.25. The molecule has 0 bridgehead atoms. The van der Waals surface area contributed by atoms with Gasteiger partial charge in [-0.15, -0.1) is 0 Å². The number of carbonyl (C=O) groups excluding carboxylic acids is 1. The first-order valence-corrected chi connectivity index (χ1v) is 5.68. The number of aliphatic hydroxyl groups is 1. The number of ether oxygens (including phenoxy) is 1. The van der Waals surface area contributed by atoms with Gasteiger partial charge in [-0.3, -0.25) is 10.2 Å². The van der Waals surface area contributed by atoms with Crippen LogP contribution in [-0.2, 0) is 16.0 Å². The van der Waals surface area contributed by atoms with Crippen LogP contribution in [0, 0.1) is 11.3 Å². The number of nitrogen functional groups attached to an aromatic ring is 1. The second-order valence-electron chi connectivity index (χ2n) is 4.30. The Labute approximate surface area is 106 Å². The maximum absolute atomic E-state index is 10.7. The molecule has 0 aromatic heterocycles. The Morgan fingerprint density at radius 1 is 1.56 bits per heavy atom. The van der Waals surface area contributed by atoms with E-state index in [9.17, 15) is 9.90 Å². The number of aliphatic hydroxyl groups excluding tert-OH is 1. The van der Waals surface area contributed by atoms with Crippen LogP contribution in [0.2, 0.25) is 0 Å². The molecule has 4 N–H and O–H groups in total. The maximum Gasteiger partial charge on any atom is 0.304 e. The normalized spacial score (nSPS) is 13.7. The largest absolute Gasteiger partial charge is 0.436 e. The van der Waals surface area contributed by atoms with Crippen molar-refractivity contribution in [2.24, 2.45) is 11.7 Å². The van der Waals surface area contributed by atoms with E-state index in [1.54, 1.807) is 25.1 Å². The molecular formula is C13H18N2O3. The van der Waals surface area contributed by atoms with Crippen molar-refractivity contribution in [3.8, 4) is 0 Å². The molecule has 0 fully saturated rings. The summed E-state index contributed by atoms with van der Waals surface area (Å²) >= 11 is 0. The highest BCUT2D eigenvalue weighted by molar-refractivity contribution is 5.95. The summed E-state index contributed by atoms with van der Waals surface area (Å²) in [5.74, 6) is -0.729. The van der Waals surface area contributed by atoms with Crippen molar-refractivity contribution in [3.05, 3.63) is 35.4 Å². The van der Waals surface area contributed by atoms with Crippen molar-refractivity contribution >= 4 is 11.8 Å². The van der Waals surface area contributed by atoms with Gasteiger partial charge >= 0.3 is 5.97 Å². The molecule has 1 rings (SSSR count). The minimum Gasteiger partial charge on any atom is -0.436 e. The maximum atomic E-state index is 10.7. The molecule has 0 amide bonds. The number of nitrogens with one attached hydrogen (secondary N) is 1. The van der Waals surface area contributed by atoms with E-state index in [1.165, 1.54) is 6.92 Å². The molecule has 5 heteroatoms. The molecule has 18 heavy (non-hydrogen) atoms. The van der Waals surface area contributed by atoms with Gasteiger partial charge in [-0.2, -0.15) is 0 Å². The summed E-state index contributed by atoms with van der Waals surface area (Å²) in [4.78, 5) is 10.7. The molecule has 0 radical (unpaired) electrons. The van der Waals surface area contributed by atoms with Crippen LogP contribution in [0.1, 0.15) is 25.0 Å². The van der Waals surface area contributed by atoms with E-state index in [-0.39, 0.29) is 11.8 Å². The molecule has 0 saturated heterocycles. The van der Waals surface area contributed by atoms with Crippen molar-refractivity contribution in [3.63, 3.8) is 0 Å². The Morgan fingerprint density at radius 3 is 2.78 bits per heavy atom. The smallest absolute Gasteiger partial charge is 0.304 e. The molecule has 5 nitrogen and oxygen atoms in total. The van der Waals surface area contributed by atoms with E-state index in [1.807, 2.05) is 6.07 Å². The van der Waals surface area contributed by atoms with Gasteiger partial charge in [-0.05, 0) is 18.1 Å². The first-order valence-electron chi connectivity index (χ1n) is 5.68. The van der Waals surface area contributed by atoms with E-state index in [4.69, 9.17) is 15.9 Å². The van der Waals surface area contributed by atoms with E-state index in [2.05, 4.69) is 0 Å². The summed E-state index contributed by atoms with van der Waals surface area (Å²) in [6, 6.07) is 7.22. The summed E-state index contributed by atoms with van der Waals surface area (Å²) in [5.41, 5.74) is 6.98. The molecule has 2 atom stereocenters. The first-order chi connectivity index (χ1) is 8.40. The minimum absolute atomic E-state index is 0.00466. The van der Waals surface area contributed by atoms with Gasteiger partial charge < -0.3 is 15.6 Å². The minimum atomic E-state index is -1.12. The Morgan fingerprint density at radius 2 is 2.22 bits per heavy atom. The Kier molecular flexibility index (Phi) is 4.85. The van der Waals surface area contributed by atoms with Crippen LogP contribution in [0.4, 0.5) is 0 Å². The molecule has 98 valence electrons. The molecular weight excluding hydrogens is 232 g/mol. The van der Waals surface area contributed by atoms with Gasteiger partial charge in [-0.25, -0.2) is 0 Å². The topological polar surface area (TPSA) is 96.4 Å². The van der Waals surface area contributed by atoms with E-state index in [0.717, 1.165) is 5.56 Å².